The molecule has 70 valence electrons. The van der Waals surface area contributed by atoms with E-state index in [9.17, 15) is 0 Å². The molecule has 2 heterocycles. The molecule has 12 heavy (non-hydrogen) atoms. The summed E-state index contributed by atoms with van der Waals surface area (Å²) in [4.78, 5) is 2.65. The van der Waals surface area contributed by atoms with Crippen LogP contribution in [0.5, 0.6) is 0 Å². The van der Waals surface area contributed by atoms with Crippen molar-refractivity contribution in [2.45, 2.75) is 44.7 Å². The Kier molecular flexibility index (Phi) is 2.37. The Bertz CT molecular complexity index is 156. The standard InChI is InChI=1S/C10H20N2/c1-8(11)9-4-2-6-12-7-3-5-10(9)12/h8-10H,2-7,11H2,1H3. The minimum Gasteiger partial charge on any atom is -0.328 e. The zero-order chi connectivity index (χ0) is 8.55. The van der Waals surface area contributed by atoms with Gasteiger partial charge in [-0.2, -0.15) is 0 Å². The number of hydrogen-bond acceptors (Lipinski definition) is 2. The van der Waals surface area contributed by atoms with Crippen LogP contribution >= 0.6 is 0 Å². The molecular weight excluding hydrogens is 148 g/mol. The number of fused-ring (bicyclic) bond motifs is 1. The van der Waals surface area contributed by atoms with E-state index >= 15 is 0 Å². The minimum atomic E-state index is 0.399. The second-order valence-corrected chi connectivity index (χ2v) is 4.41. The molecule has 2 N–H and O–H groups in total. The molecule has 3 atom stereocenters. The van der Waals surface area contributed by atoms with Gasteiger partial charge in [0.05, 0.1) is 0 Å². The molecule has 0 amide bonds. The fraction of sp³-hybridized carbons (Fsp3) is 1.00. The van der Waals surface area contributed by atoms with Crippen molar-refractivity contribution in [3.05, 3.63) is 0 Å². The number of piperidine rings is 1. The molecule has 0 aromatic rings. The molecule has 0 spiro atoms. The van der Waals surface area contributed by atoms with Gasteiger partial charge in [-0.15, -0.1) is 0 Å². The Morgan fingerprint density at radius 2 is 1.92 bits per heavy atom. The average Bonchev–Trinajstić information content (AvgIpc) is 2.49. The third-order valence-electron chi connectivity index (χ3n) is 3.57. The van der Waals surface area contributed by atoms with Gasteiger partial charge in [0.2, 0.25) is 0 Å². The highest BCUT2D eigenvalue weighted by Gasteiger charge is 2.35. The minimum absolute atomic E-state index is 0.399. The monoisotopic (exact) mass is 168 g/mol. The van der Waals surface area contributed by atoms with Gasteiger partial charge < -0.3 is 10.6 Å². The number of nitrogens with two attached hydrogens (primary N) is 1. The summed E-state index contributed by atoms with van der Waals surface area (Å²) in [6.45, 7) is 4.83. The van der Waals surface area contributed by atoms with E-state index in [4.69, 9.17) is 5.73 Å². The third kappa shape index (κ3) is 1.38. The van der Waals surface area contributed by atoms with Crippen molar-refractivity contribution in [3.8, 4) is 0 Å². The van der Waals surface area contributed by atoms with Crippen molar-refractivity contribution in [2.75, 3.05) is 13.1 Å². The maximum Gasteiger partial charge on any atom is 0.0139 e. The van der Waals surface area contributed by atoms with Crippen molar-refractivity contribution in [1.29, 1.82) is 0 Å². The topological polar surface area (TPSA) is 29.3 Å². The first-order valence-electron chi connectivity index (χ1n) is 5.28. The lowest BCUT2D eigenvalue weighted by Gasteiger charge is -2.38. The van der Waals surface area contributed by atoms with Gasteiger partial charge in [0.25, 0.3) is 0 Å². The smallest absolute Gasteiger partial charge is 0.0139 e. The molecule has 0 aliphatic carbocycles. The highest BCUT2D eigenvalue weighted by molar-refractivity contribution is 4.91. The summed E-state index contributed by atoms with van der Waals surface area (Å²) >= 11 is 0. The second kappa shape index (κ2) is 3.35. The highest BCUT2D eigenvalue weighted by Crippen LogP contribution is 2.32. The third-order valence-corrected chi connectivity index (χ3v) is 3.57. The molecule has 2 heteroatoms. The van der Waals surface area contributed by atoms with Gasteiger partial charge in [-0.3, -0.25) is 0 Å². The summed E-state index contributed by atoms with van der Waals surface area (Å²) in [5.41, 5.74) is 6.00. The predicted octanol–water partition coefficient (Wildman–Crippen LogP) is 1.21. The SMILES string of the molecule is CC(N)C1CCCN2CCCC12. The number of hydrogen-bond donors (Lipinski definition) is 1. The van der Waals surface area contributed by atoms with E-state index in [0.29, 0.717) is 6.04 Å². The Balaban J connectivity index is 2.03. The van der Waals surface area contributed by atoms with Crippen molar-refractivity contribution in [1.82, 2.24) is 4.90 Å². The second-order valence-electron chi connectivity index (χ2n) is 4.41. The van der Waals surface area contributed by atoms with E-state index in [1.807, 2.05) is 0 Å². The van der Waals surface area contributed by atoms with Crippen LogP contribution in [0.1, 0.15) is 32.6 Å². The lowest BCUT2D eigenvalue weighted by atomic mass is 9.84. The molecule has 2 fully saturated rings. The van der Waals surface area contributed by atoms with Gasteiger partial charge in [-0.25, -0.2) is 0 Å². The zero-order valence-electron chi connectivity index (χ0n) is 8.00. The van der Waals surface area contributed by atoms with Crippen LogP contribution in [-0.2, 0) is 0 Å². The number of nitrogens with zero attached hydrogens (tertiary/aromatic N) is 1. The normalized spacial score (nSPS) is 39.5. The average molecular weight is 168 g/mol. The van der Waals surface area contributed by atoms with Crippen LogP contribution in [0.4, 0.5) is 0 Å². The highest BCUT2D eigenvalue weighted by atomic mass is 15.2. The van der Waals surface area contributed by atoms with Crippen LogP contribution < -0.4 is 5.73 Å². The van der Waals surface area contributed by atoms with E-state index in [1.165, 1.54) is 38.8 Å². The van der Waals surface area contributed by atoms with Gasteiger partial charge in [-0.1, -0.05) is 0 Å². The lowest BCUT2D eigenvalue weighted by Crippen LogP contribution is -2.47. The molecule has 2 nitrogen and oxygen atoms in total. The van der Waals surface area contributed by atoms with E-state index in [0.717, 1.165) is 12.0 Å². The first kappa shape index (κ1) is 8.52. The molecule has 2 rings (SSSR count). The van der Waals surface area contributed by atoms with Crippen LogP contribution in [0.25, 0.3) is 0 Å². The molecule has 0 aromatic carbocycles. The van der Waals surface area contributed by atoms with Crippen molar-refractivity contribution in [3.63, 3.8) is 0 Å². The fourth-order valence-electron chi connectivity index (χ4n) is 2.95. The van der Waals surface area contributed by atoms with Gasteiger partial charge >= 0.3 is 0 Å². The molecule has 0 radical (unpaired) electrons. The summed E-state index contributed by atoms with van der Waals surface area (Å²) in [7, 11) is 0. The van der Waals surface area contributed by atoms with Gasteiger partial charge in [0.15, 0.2) is 0 Å². The van der Waals surface area contributed by atoms with Crippen molar-refractivity contribution in [2.24, 2.45) is 11.7 Å². The van der Waals surface area contributed by atoms with E-state index in [-0.39, 0.29) is 0 Å². The summed E-state index contributed by atoms with van der Waals surface area (Å²) < 4.78 is 0. The van der Waals surface area contributed by atoms with Gasteiger partial charge in [0, 0.05) is 12.1 Å². The van der Waals surface area contributed by atoms with Gasteiger partial charge in [0.1, 0.15) is 0 Å². The van der Waals surface area contributed by atoms with Crippen LogP contribution in [0.3, 0.4) is 0 Å². The first-order chi connectivity index (χ1) is 5.79. The molecule has 0 saturated carbocycles. The summed E-state index contributed by atoms with van der Waals surface area (Å²) in [6, 6.07) is 1.23. The summed E-state index contributed by atoms with van der Waals surface area (Å²) in [5, 5.41) is 0. The van der Waals surface area contributed by atoms with E-state index in [1.54, 1.807) is 0 Å². The quantitative estimate of drug-likeness (QED) is 0.637. The van der Waals surface area contributed by atoms with E-state index in [2.05, 4.69) is 11.8 Å². The maximum atomic E-state index is 6.00. The summed E-state index contributed by atoms with van der Waals surface area (Å²) in [5.74, 6) is 0.779. The summed E-state index contributed by atoms with van der Waals surface area (Å²) in [6.07, 6.45) is 5.52. The lowest BCUT2D eigenvalue weighted by molar-refractivity contribution is 0.120. The fourth-order valence-corrected chi connectivity index (χ4v) is 2.95. The number of rotatable bonds is 1. The Labute approximate surface area is 75.1 Å². The van der Waals surface area contributed by atoms with Crippen LogP contribution in [0.2, 0.25) is 0 Å². The molecule has 2 saturated heterocycles. The molecule has 2 aliphatic rings. The Morgan fingerprint density at radius 3 is 2.58 bits per heavy atom. The van der Waals surface area contributed by atoms with Crippen molar-refractivity contribution < 1.29 is 0 Å². The Morgan fingerprint density at radius 1 is 1.25 bits per heavy atom. The maximum absolute atomic E-state index is 6.00. The Hall–Kier alpha value is -0.0800. The first-order valence-corrected chi connectivity index (χ1v) is 5.28. The predicted molar refractivity (Wildman–Crippen MR) is 51.0 cm³/mol. The largest absolute Gasteiger partial charge is 0.328 e. The van der Waals surface area contributed by atoms with Crippen molar-refractivity contribution >= 4 is 0 Å². The van der Waals surface area contributed by atoms with E-state index < -0.39 is 0 Å². The van der Waals surface area contributed by atoms with Crippen LogP contribution in [0, 0.1) is 5.92 Å². The van der Waals surface area contributed by atoms with Crippen LogP contribution in [0.15, 0.2) is 0 Å². The molecular formula is C10H20N2. The molecule has 2 aliphatic heterocycles. The van der Waals surface area contributed by atoms with Gasteiger partial charge in [-0.05, 0) is 51.6 Å². The zero-order valence-corrected chi connectivity index (χ0v) is 8.00. The molecule has 3 unspecified atom stereocenters. The molecule has 0 bridgehead atoms. The molecule has 0 aromatic heterocycles. The van der Waals surface area contributed by atoms with Crippen LogP contribution in [-0.4, -0.2) is 30.1 Å².